The van der Waals surface area contributed by atoms with E-state index in [2.05, 4.69) is 10.3 Å². The quantitative estimate of drug-likeness (QED) is 0.672. The molecule has 0 aliphatic carbocycles. The molecule has 0 spiro atoms. The minimum Gasteiger partial charge on any atom is -0.465 e. The lowest BCUT2D eigenvalue weighted by Gasteiger charge is -2.15. The summed E-state index contributed by atoms with van der Waals surface area (Å²) >= 11 is 1.16. The maximum atomic E-state index is 12.2. The zero-order valence-electron chi connectivity index (χ0n) is 16.7. The van der Waals surface area contributed by atoms with Crippen molar-refractivity contribution in [3.8, 4) is 0 Å². The molecule has 0 atom stereocenters. The van der Waals surface area contributed by atoms with Crippen molar-refractivity contribution in [2.24, 2.45) is 5.92 Å². The predicted octanol–water partition coefficient (Wildman–Crippen LogP) is 2.67. The molecule has 0 radical (unpaired) electrons. The van der Waals surface area contributed by atoms with Crippen molar-refractivity contribution in [3.05, 3.63) is 22.7 Å². The summed E-state index contributed by atoms with van der Waals surface area (Å²) < 4.78 is 9.79. The van der Waals surface area contributed by atoms with Gasteiger partial charge in [0.05, 0.1) is 31.6 Å². The number of aromatic nitrogens is 1. The van der Waals surface area contributed by atoms with E-state index in [1.54, 1.807) is 32.7 Å². The van der Waals surface area contributed by atoms with E-state index in [0.29, 0.717) is 33.9 Å². The second-order valence-corrected chi connectivity index (χ2v) is 7.57. The first-order valence-corrected chi connectivity index (χ1v) is 9.74. The van der Waals surface area contributed by atoms with Crippen LogP contribution in [0.2, 0.25) is 0 Å². The van der Waals surface area contributed by atoms with Gasteiger partial charge in [0.15, 0.2) is 0 Å². The summed E-state index contributed by atoms with van der Waals surface area (Å²) in [4.78, 5) is 43.2. The summed E-state index contributed by atoms with van der Waals surface area (Å²) in [5.41, 5.74) is 1.16. The molecule has 1 N–H and O–H groups in total. The molecule has 2 heterocycles. The molecule has 2 rings (SSSR count). The second kappa shape index (κ2) is 9.61. The molecule has 152 valence electrons. The molecule has 2 aromatic heterocycles. The van der Waals surface area contributed by atoms with Crippen LogP contribution in [0.4, 0.5) is 5.69 Å². The van der Waals surface area contributed by atoms with Crippen molar-refractivity contribution in [2.45, 2.75) is 27.3 Å². The number of hydrogen-bond acceptors (Lipinski definition) is 8. The number of nitrogens with zero attached hydrogens (tertiary/aromatic N) is 2. The fraction of sp³-hybridized carbons (Fsp3) is 0.474. The Hall–Kier alpha value is -2.52. The highest BCUT2D eigenvalue weighted by Crippen LogP contribution is 2.35. The van der Waals surface area contributed by atoms with E-state index in [4.69, 9.17) is 9.47 Å². The molecule has 2 aromatic rings. The average molecular weight is 407 g/mol. The Bertz CT molecular complexity index is 878. The first-order chi connectivity index (χ1) is 13.3. The third kappa shape index (κ3) is 5.26. The van der Waals surface area contributed by atoms with E-state index in [-0.39, 0.29) is 24.3 Å². The molecule has 0 fully saturated rings. The number of likely N-dealkylation sites (N-methyl/N-ethyl adjacent to an activating group) is 1. The van der Waals surface area contributed by atoms with E-state index in [1.807, 2.05) is 12.1 Å². The fourth-order valence-corrected chi connectivity index (χ4v) is 3.56. The van der Waals surface area contributed by atoms with Crippen LogP contribution in [0.3, 0.4) is 0 Å². The van der Waals surface area contributed by atoms with Gasteiger partial charge in [0, 0.05) is 17.8 Å². The topological polar surface area (TPSA) is 97.8 Å². The first-order valence-electron chi connectivity index (χ1n) is 8.92. The number of nitrogens with one attached hydrogen (secondary N) is 1. The Labute approximate surface area is 167 Å². The number of carbonyl (C=O) groups is 3. The fourth-order valence-electron chi connectivity index (χ4n) is 2.49. The molecule has 0 saturated carbocycles. The van der Waals surface area contributed by atoms with Crippen molar-refractivity contribution in [1.29, 1.82) is 0 Å². The number of thiophene rings is 1. The zero-order chi connectivity index (χ0) is 20.8. The maximum absolute atomic E-state index is 12.2. The zero-order valence-corrected chi connectivity index (χ0v) is 17.5. The van der Waals surface area contributed by atoms with Gasteiger partial charge >= 0.3 is 11.9 Å². The number of pyridine rings is 1. The van der Waals surface area contributed by atoms with Crippen LogP contribution in [0.15, 0.2) is 12.1 Å². The summed E-state index contributed by atoms with van der Waals surface area (Å²) in [6, 6.07) is 3.62. The monoisotopic (exact) mass is 407 g/mol. The molecule has 9 heteroatoms. The highest BCUT2D eigenvalue weighted by molar-refractivity contribution is 7.21. The van der Waals surface area contributed by atoms with E-state index >= 15 is 0 Å². The minimum atomic E-state index is -0.525. The molecule has 1 amide bonds. The second-order valence-electron chi connectivity index (χ2n) is 6.57. The Morgan fingerprint density at radius 2 is 2.00 bits per heavy atom. The average Bonchev–Trinajstić information content (AvgIpc) is 2.98. The van der Waals surface area contributed by atoms with Gasteiger partial charge in [0.2, 0.25) is 5.91 Å². The third-order valence-corrected chi connectivity index (χ3v) is 4.97. The summed E-state index contributed by atoms with van der Waals surface area (Å²) in [5.74, 6) is -1.25. The van der Waals surface area contributed by atoms with Crippen LogP contribution in [0.25, 0.3) is 10.2 Å². The molecular formula is C19H25N3O5S. The van der Waals surface area contributed by atoms with Gasteiger partial charge in [-0.25, -0.2) is 9.78 Å². The van der Waals surface area contributed by atoms with Gasteiger partial charge in [-0.1, -0.05) is 13.8 Å². The highest BCUT2D eigenvalue weighted by atomic mass is 32.1. The predicted molar refractivity (Wildman–Crippen MR) is 107 cm³/mol. The van der Waals surface area contributed by atoms with Crippen LogP contribution in [0, 0.1) is 5.92 Å². The number of esters is 2. The van der Waals surface area contributed by atoms with Crippen LogP contribution in [-0.2, 0) is 25.6 Å². The van der Waals surface area contributed by atoms with Gasteiger partial charge in [-0.3, -0.25) is 14.5 Å². The molecule has 0 unspecified atom stereocenters. The van der Waals surface area contributed by atoms with Gasteiger partial charge in [0.1, 0.15) is 9.71 Å². The Morgan fingerprint density at radius 1 is 1.29 bits per heavy atom. The normalized spacial score (nSPS) is 11.1. The molecule has 8 nitrogen and oxygen atoms in total. The van der Waals surface area contributed by atoms with E-state index in [1.165, 1.54) is 7.11 Å². The summed E-state index contributed by atoms with van der Waals surface area (Å²) in [5, 5.41) is 3.48. The number of anilines is 1. The minimum absolute atomic E-state index is 0.154. The molecule has 0 saturated heterocycles. The number of methoxy groups -OCH3 is 1. The highest BCUT2D eigenvalue weighted by Gasteiger charge is 2.23. The molecule has 0 aliphatic heterocycles. The number of carbonyl (C=O) groups excluding carboxylic acids is 3. The van der Waals surface area contributed by atoms with Crippen molar-refractivity contribution in [1.82, 2.24) is 9.88 Å². The van der Waals surface area contributed by atoms with Crippen LogP contribution in [0.1, 0.15) is 36.1 Å². The van der Waals surface area contributed by atoms with E-state index in [0.717, 1.165) is 17.0 Å². The van der Waals surface area contributed by atoms with Crippen molar-refractivity contribution < 1.29 is 23.9 Å². The summed E-state index contributed by atoms with van der Waals surface area (Å²) in [6.07, 6.45) is 0. The van der Waals surface area contributed by atoms with Crippen molar-refractivity contribution in [3.63, 3.8) is 0 Å². The van der Waals surface area contributed by atoms with Crippen LogP contribution >= 0.6 is 11.3 Å². The molecule has 0 bridgehead atoms. The number of fused-ring (bicyclic) bond motifs is 1. The van der Waals surface area contributed by atoms with Gasteiger partial charge < -0.3 is 14.8 Å². The lowest BCUT2D eigenvalue weighted by Crippen LogP contribution is -2.27. The van der Waals surface area contributed by atoms with E-state index in [9.17, 15) is 14.4 Å². The van der Waals surface area contributed by atoms with Gasteiger partial charge in [0.25, 0.3) is 0 Å². The standard InChI is InChI=1S/C19H25N3O5S/c1-6-27-14(23)10-22(4)9-12-7-8-13-15(21-17(24)11(2)3)16(19(25)26-5)28-18(13)20-12/h7-8,11H,6,9-10H2,1-5H3,(H,21,24). The molecular weight excluding hydrogens is 382 g/mol. The van der Waals surface area contributed by atoms with Gasteiger partial charge in [-0.15, -0.1) is 11.3 Å². The smallest absolute Gasteiger partial charge is 0.350 e. The lowest BCUT2D eigenvalue weighted by molar-refractivity contribution is -0.144. The van der Waals surface area contributed by atoms with Crippen LogP contribution in [-0.4, -0.2) is 55.0 Å². The lowest BCUT2D eigenvalue weighted by atomic mass is 10.2. The van der Waals surface area contributed by atoms with E-state index < -0.39 is 5.97 Å². The number of hydrogen-bond donors (Lipinski definition) is 1. The summed E-state index contributed by atoms with van der Waals surface area (Å²) in [6.45, 7) is 6.25. The molecule has 28 heavy (non-hydrogen) atoms. The largest absolute Gasteiger partial charge is 0.465 e. The third-order valence-electron chi connectivity index (χ3n) is 3.89. The van der Waals surface area contributed by atoms with Crippen LogP contribution in [0.5, 0.6) is 0 Å². The Morgan fingerprint density at radius 3 is 2.61 bits per heavy atom. The SMILES string of the molecule is CCOC(=O)CN(C)Cc1ccc2c(NC(=O)C(C)C)c(C(=O)OC)sc2n1. The maximum Gasteiger partial charge on any atom is 0.350 e. The Kier molecular flexibility index (Phi) is 7.47. The Balaban J connectivity index is 2.31. The molecule has 0 aromatic carbocycles. The van der Waals surface area contributed by atoms with Crippen molar-refractivity contribution in [2.75, 3.05) is 32.6 Å². The first kappa shape index (κ1) is 21.8. The van der Waals surface area contributed by atoms with Crippen molar-refractivity contribution >= 4 is 45.1 Å². The molecule has 0 aliphatic rings. The van der Waals surface area contributed by atoms with Gasteiger partial charge in [-0.2, -0.15) is 0 Å². The number of amides is 1. The summed E-state index contributed by atoms with van der Waals surface area (Å²) in [7, 11) is 3.09. The van der Waals surface area contributed by atoms with Crippen LogP contribution < -0.4 is 5.32 Å². The number of ether oxygens (including phenoxy) is 2. The van der Waals surface area contributed by atoms with Gasteiger partial charge in [-0.05, 0) is 26.1 Å². The number of rotatable bonds is 8.